The molecule has 2 heterocycles. The van der Waals surface area contributed by atoms with E-state index in [1.54, 1.807) is 18.3 Å². The van der Waals surface area contributed by atoms with E-state index in [9.17, 15) is 4.39 Å². The Labute approximate surface area is 351 Å². The third-order valence-electron chi connectivity index (χ3n) is 8.99. The number of benzene rings is 7. The quantitative estimate of drug-likeness (QED) is 0.110. The zero-order chi connectivity index (χ0) is 38.7. The fraction of sp³-hybridized carbons (Fsp3) is 0. The van der Waals surface area contributed by atoms with E-state index in [0.717, 1.165) is 22.8 Å². The molecule has 0 amide bonds. The van der Waals surface area contributed by atoms with E-state index in [0.29, 0.717) is 11.6 Å². The van der Waals surface area contributed by atoms with Crippen LogP contribution in [0.4, 0.5) is 4.39 Å². The second-order valence-electron chi connectivity index (χ2n) is 12.8. The van der Waals surface area contributed by atoms with Crippen LogP contribution < -0.4 is 36.6 Å². The van der Waals surface area contributed by atoms with Gasteiger partial charge >= 0.3 is 17.1 Å². The summed E-state index contributed by atoms with van der Waals surface area (Å²) >= 11 is 0. The summed E-state index contributed by atoms with van der Waals surface area (Å²) in [4.78, 5) is 8.51. The summed E-state index contributed by atoms with van der Waals surface area (Å²) in [5.41, 5.74) is 1.48. The number of halogens is 1. The summed E-state index contributed by atoms with van der Waals surface area (Å²) in [7, 11) is -1.59. The van der Waals surface area contributed by atoms with Crippen LogP contribution in [-0.2, 0) is 17.1 Å². The first-order chi connectivity index (χ1) is 28.2. The summed E-state index contributed by atoms with van der Waals surface area (Å²) in [6, 6.07) is 71.8. The first kappa shape index (κ1) is 40.1. The van der Waals surface area contributed by atoms with E-state index >= 15 is 0 Å². The molecule has 0 aliphatic carbocycles. The van der Waals surface area contributed by atoms with E-state index in [-0.39, 0.29) is 22.9 Å². The monoisotopic (exact) mass is 841 g/mol. The van der Waals surface area contributed by atoms with Gasteiger partial charge in [-0.05, 0) is 85.6 Å². The van der Waals surface area contributed by atoms with Crippen LogP contribution in [-0.4, -0.2) is 20.2 Å². The Morgan fingerprint density at radius 1 is 0.448 bits per heavy atom. The zero-order valence-electron chi connectivity index (χ0n) is 31.1. The first-order valence-electron chi connectivity index (χ1n) is 18.5. The average Bonchev–Trinajstić information content (AvgIpc) is 3.78. The molecule has 2 aromatic heterocycles. The molecule has 1 radical (unpaired) electrons. The summed E-state index contributed by atoms with van der Waals surface area (Å²) < 4.78 is 19.7. The van der Waals surface area contributed by atoms with Gasteiger partial charge in [0, 0.05) is 22.4 Å². The maximum absolute atomic E-state index is 12.8. The van der Waals surface area contributed by atoms with Gasteiger partial charge in [0.25, 0.3) is 0 Å². The molecule has 0 fully saturated rings. The van der Waals surface area contributed by atoms with Crippen molar-refractivity contribution in [3.63, 3.8) is 0 Å². The normalized spacial score (nSPS) is 10.7. The second-order valence-corrected chi connectivity index (χ2v) is 17.2. The molecule has 9 heteroatoms. The minimum Gasteiger partial charge on any atom is -0.456 e. The Kier molecular flexibility index (Phi) is 13.8. The van der Waals surface area contributed by atoms with Crippen LogP contribution in [0.15, 0.2) is 219 Å². The van der Waals surface area contributed by atoms with E-state index in [2.05, 4.69) is 190 Å². The molecule has 0 aliphatic rings. The van der Waals surface area contributed by atoms with E-state index < -0.39 is 15.8 Å². The Hall–Kier alpha value is -6.06. The van der Waals surface area contributed by atoms with Crippen LogP contribution in [0.3, 0.4) is 0 Å². The van der Waals surface area contributed by atoms with Gasteiger partial charge in [-0.15, -0.1) is 0 Å². The van der Waals surface area contributed by atoms with Crippen LogP contribution in [0.5, 0.6) is 11.5 Å². The van der Waals surface area contributed by atoms with E-state index in [4.69, 9.17) is 4.74 Å². The Morgan fingerprint density at radius 2 is 0.862 bits per heavy atom. The standard InChI is InChI=1S/C36H28OP2.C13H9FN4.Cu/c1-5-17-29(18-6-1)38(30-19-7-2-8-20-30)35-27-15-13-25-33(35)37-34-26-14-16-28-36(34)39(31-21-9-3-10-22-31)32-23-11-4-12-24-32;14-10-6-4-9(5-7-10)12-16-13(18-17-12)11-3-1-2-8-15-11;/h1-28H;1-8H,(H,16,17,18);/q;;+2. The number of rotatable bonds is 10. The Balaban J connectivity index is 0.000000225. The SMILES string of the molecule is Fc1ccc(-c2n[nH]c(-c3ccccn3)n2)cc1.[Cu+2].c1ccc(P(c2ccccc2)c2ccccc2Oc2ccccc2P(c2ccccc2)c2ccccc2)cc1. The summed E-state index contributed by atoms with van der Waals surface area (Å²) in [6.45, 7) is 0. The smallest absolute Gasteiger partial charge is 0.456 e. The van der Waals surface area contributed by atoms with Crippen molar-refractivity contribution in [1.82, 2.24) is 20.2 Å². The molecule has 1 N–H and O–H groups in total. The molecule has 9 aromatic rings. The fourth-order valence-corrected chi connectivity index (χ4v) is 11.1. The predicted octanol–water partition coefficient (Wildman–Crippen LogP) is 9.67. The molecule has 7 aromatic carbocycles. The topological polar surface area (TPSA) is 63.7 Å². The molecule has 0 saturated heterocycles. The Bertz CT molecular complexity index is 2420. The van der Waals surface area contributed by atoms with Gasteiger partial charge in [-0.3, -0.25) is 10.1 Å². The fourth-order valence-electron chi connectivity index (χ4n) is 6.34. The van der Waals surface area contributed by atoms with Gasteiger partial charge in [-0.1, -0.05) is 164 Å². The molecule has 5 nitrogen and oxygen atoms in total. The van der Waals surface area contributed by atoms with Crippen molar-refractivity contribution in [3.8, 4) is 34.4 Å². The molecule has 58 heavy (non-hydrogen) atoms. The van der Waals surface area contributed by atoms with Crippen molar-refractivity contribution in [2.75, 3.05) is 0 Å². The minimum absolute atomic E-state index is 0. The van der Waals surface area contributed by atoms with Crippen molar-refractivity contribution >= 4 is 47.7 Å². The molecule has 0 spiro atoms. The Morgan fingerprint density at radius 3 is 1.29 bits per heavy atom. The van der Waals surface area contributed by atoms with Crippen LogP contribution >= 0.6 is 15.8 Å². The third-order valence-corrected chi connectivity index (χ3v) is 13.9. The van der Waals surface area contributed by atoms with Crippen molar-refractivity contribution in [2.24, 2.45) is 0 Å². The van der Waals surface area contributed by atoms with Crippen LogP contribution in [0.25, 0.3) is 22.9 Å². The molecule has 0 saturated carbocycles. The molecular formula is C49H37CuFN4OP2+2. The number of H-pyrrole nitrogens is 1. The maximum atomic E-state index is 12.8. The van der Waals surface area contributed by atoms with Crippen LogP contribution in [0.1, 0.15) is 0 Å². The molecule has 9 rings (SSSR count). The number of pyridine rings is 1. The van der Waals surface area contributed by atoms with E-state index in [1.807, 2.05) is 18.2 Å². The number of hydrogen-bond acceptors (Lipinski definition) is 4. The average molecular weight is 842 g/mol. The van der Waals surface area contributed by atoms with Crippen LogP contribution in [0, 0.1) is 5.82 Å². The zero-order valence-corrected chi connectivity index (χ0v) is 33.8. The minimum atomic E-state index is -0.795. The number of nitrogens with one attached hydrogen (secondary N) is 1. The number of aromatic nitrogens is 4. The van der Waals surface area contributed by atoms with Gasteiger partial charge in [0.2, 0.25) is 0 Å². The second kappa shape index (κ2) is 19.9. The number of aromatic amines is 1. The molecular weight excluding hydrogens is 805 g/mol. The van der Waals surface area contributed by atoms with Gasteiger partial charge in [0.15, 0.2) is 11.6 Å². The third kappa shape index (κ3) is 9.72. The number of hydrogen-bond donors (Lipinski definition) is 1. The molecule has 0 unspecified atom stereocenters. The molecule has 0 bridgehead atoms. The maximum Gasteiger partial charge on any atom is 2.00 e. The van der Waals surface area contributed by atoms with E-state index in [1.165, 1.54) is 44.0 Å². The summed E-state index contributed by atoms with van der Waals surface area (Å²) in [6.07, 6.45) is 1.69. The number of ether oxygens (including phenoxy) is 1. The molecule has 0 atom stereocenters. The van der Waals surface area contributed by atoms with Crippen molar-refractivity contribution in [1.29, 1.82) is 0 Å². The van der Waals surface area contributed by atoms with Crippen molar-refractivity contribution in [2.45, 2.75) is 0 Å². The van der Waals surface area contributed by atoms with Gasteiger partial charge < -0.3 is 4.74 Å². The number of nitrogens with zero attached hydrogens (tertiary/aromatic N) is 3. The predicted molar refractivity (Wildman–Crippen MR) is 235 cm³/mol. The summed E-state index contributed by atoms with van der Waals surface area (Å²) in [5, 5.41) is 14.6. The van der Waals surface area contributed by atoms with Gasteiger partial charge in [0.05, 0.1) is 0 Å². The van der Waals surface area contributed by atoms with Crippen molar-refractivity contribution < 1.29 is 26.2 Å². The molecule has 285 valence electrons. The van der Waals surface area contributed by atoms with Crippen LogP contribution in [0.2, 0.25) is 0 Å². The van der Waals surface area contributed by atoms with Gasteiger partial charge in [-0.2, -0.15) is 5.10 Å². The van der Waals surface area contributed by atoms with Gasteiger partial charge in [0.1, 0.15) is 23.0 Å². The van der Waals surface area contributed by atoms with Gasteiger partial charge in [-0.25, -0.2) is 9.37 Å². The van der Waals surface area contributed by atoms with Crippen molar-refractivity contribution in [3.05, 3.63) is 224 Å². The number of para-hydroxylation sites is 2. The largest absolute Gasteiger partial charge is 2.00 e. The summed E-state index contributed by atoms with van der Waals surface area (Å²) in [5.74, 6) is 2.64. The molecule has 0 aliphatic heterocycles. The first-order valence-corrected chi connectivity index (χ1v) is 21.2.